The highest BCUT2D eigenvalue weighted by Gasteiger charge is 2.02. The van der Waals surface area contributed by atoms with Crippen molar-refractivity contribution in [3.8, 4) is 11.8 Å². The largest absolute Gasteiger partial charge is 0.492 e. The van der Waals surface area contributed by atoms with E-state index in [1.165, 1.54) is 0 Å². The van der Waals surface area contributed by atoms with E-state index in [-0.39, 0.29) is 13.0 Å². The van der Waals surface area contributed by atoms with Crippen molar-refractivity contribution in [1.29, 1.82) is 5.26 Å². The van der Waals surface area contributed by atoms with Gasteiger partial charge in [-0.1, -0.05) is 12.1 Å². The summed E-state index contributed by atoms with van der Waals surface area (Å²) < 4.78 is 5.21. The molecule has 0 heterocycles. The second-order valence-electron chi connectivity index (χ2n) is 2.56. The number of benzene rings is 1. The van der Waals surface area contributed by atoms with Gasteiger partial charge in [0, 0.05) is 0 Å². The Morgan fingerprint density at radius 1 is 1.50 bits per heavy atom. The van der Waals surface area contributed by atoms with Crippen LogP contribution in [0.3, 0.4) is 0 Å². The first-order valence-electron chi connectivity index (χ1n) is 4.04. The molecular weight excluding hydrogens is 202 g/mol. The van der Waals surface area contributed by atoms with Gasteiger partial charge in [-0.05, 0) is 23.7 Å². The zero-order valence-corrected chi connectivity index (χ0v) is 8.12. The van der Waals surface area contributed by atoms with E-state index in [1.54, 1.807) is 24.3 Å². The van der Waals surface area contributed by atoms with E-state index in [1.807, 2.05) is 6.07 Å². The van der Waals surface area contributed by atoms with Gasteiger partial charge in [0.25, 0.3) is 0 Å². The van der Waals surface area contributed by atoms with E-state index in [9.17, 15) is 4.79 Å². The van der Waals surface area contributed by atoms with Crippen LogP contribution in [-0.2, 0) is 4.79 Å². The van der Waals surface area contributed by atoms with Gasteiger partial charge in [-0.15, -0.1) is 0 Å². The van der Waals surface area contributed by atoms with Crippen molar-refractivity contribution in [1.82, 2.24) is 0 Å². The molecule has 1 aromatic rings. The maximum absolute atomic E-state index is 10.4. The molecule has 4 heteroatoms. The Morgan fingerprint density at radius 2 is 2.21 bits per heavy atom. The van der Waals surface area contributed by atoms with E-state index in [2.05, 4.69) is 0 Å². The molecule has 0 aromatic heterocycles. The van der Waals surface area contributed by atoms with Gasteiger partial charge in [0.15, 0.2) is 0 Å². The highest BCUT2D eigenvalue weighted by Crippen LogP contribution is 2.16. The van der Waals surface area contributed by atoms with Crippen LogP contribution in [0, 0.1) is 11.3 Å². The van der Waals surface area contributed by atoms with Crippen LogP contribution in [0.1, 0.15) is 12.0 Å². The molecule has 0 aliphatic carbocycles. The minimum absolute atomic E-state index is 0.140. The number of halogens is 1. The van der Waals surface area contributed by atoms with Crippen LogP contribution >= 0.6 is 11.6 Å². The van der Waals surface area contributed by atoms with Gasteiger partial charge in [-0.3, -0.25) is 4.79 Å². The lowest BCUT2D eigenvalue weighted by Gasteiger charge is -2.05. The van der Waals surface area contributed by atoms with Gasteiger partial charge in [0.1, 0.15) is 11.8 Å². The molecule has 14 heavy (non-hydrogen) atoms. The summed E-state index contributed by atoms with van der Waals surface area (Å²) in [7, 11) is 0. The molecule has 0 unspecified atom stereocenters. The average Bonchev–Trinajstić information content (AvgIpc) is 2.18. The average molecular weight is 210 g/mol. The van der Waals surface area contributed by atoms with Gasteiger partial charge < -0.3 is 4.74 Å². The Hall–Kier alpha value is -1.53. The zero-order valence-electron chi connectivity index (χ0n) is 7.37. The smallest absolute Gasteiger partial charge is 0.225 e. The summed E-state index contributed by atoms with van der Waals surface area (Å²) in [6.45, 7) is 0.195. The van der Waals surface area contributed by atoms with E-state index in [0.29, 0.717) is 11.3 Å². The first-order chi connectivity index (χ1) is 6.74. The monoisotopic (exact) mass is 209 g/mol. The number of hydrogen-bond donors (Lipinski definition) is 0. The first kappa shape index (κ1) is 10.6. The third-order valence-electron chi connectivity index (χ3n) is 1.56. The number of hydrogen-bond acceptors (Lipinski definition) is 3. The van der Waals surface area contributed by atoms with Gasteiger partial charge in [-0.25, -0.2) is 0 Å². The highest BCUT2D eigenvalue weighted by molar-refractivity contribution is 6.63. The molecule has 0 atom stereocenters. The number of rotatable bonds is 4. The minimum Gasteiger partial charge on any atom is -0.492 e. The number of carbonyl (C=O) groups excluding carboxylic acids is 1. The standard InChI is InChI=1S/C10H8ClNO2/c11-10(13)5-6-14-9-4-2-1-3-8(9)7-12/h1-4H,5-6H2. The van der Waals surface area contributed by atoms with Crippen molar-refractivity contribution in [3.63, 3.8) is 0 Å². The number of nitrogens with zero attached hydrogens (tertiary/aromatic N) is 1. The third kappa shape index (κ3) is 3.08. The summed E-state index contributed by atoms with van der Waals surface area (Å²) in [5.41, 5.74) is 0.453. The van der Waals surface area contributed by atoms with Crippen LogP contribution in [0.2, 0.25) is 0 Å². The molecule has 0 saturated heterocycles. The molecule has 1 aromatic carbocycles. The van der Waals surface area contributed by atoms with Crippen LogP contribution in [0.4, 0.5) is 0 Å². The van der Waals surface area contributed by atoms with Crippen LogP contribution in [0.5, 0.6) is 5.75 Å². The van der Waals surface area contributed by atoms with Gasteiger partial charge >= 0.3 is 0 Å². The van der Waals surface area contributed by atoms with Crippen LogP contribution in [-0.4, -0.2) is 11.8 Å². The van der Waals surface area contributed by atoms with E-state index in [0.717, 1.165) is 0 Å². The maximum Gasteiger partial charge on any atom is 0.225 e. The minimum atomic E-state index is -0.445. The third-order valence-corrected chi connectivity index (χ3v) is 1.75. The fourth-order valence-corrected chi connectivity index (χ4v) is 1.00. The summed E-state index contributed by atoms with van der Waals surface area (Å²) in [6, 6.07) is 8.83. The number of para-hydroxylation sites is 1. The summed E-state index contributed by atoms with van der Waals surface area (Å²) in [4.78, 5) is 10.4. The Balaban J connectivity index is 2.59. The molecule has 0 fully saturated rings. The second kappa shape index (κ2) is 5.25. The summed E-state index contributed by atoms with van der Waals surface area (Å²) >= 11 is 5.13. The predicted octanol–water partition coefficient (Wildman–Crippen LogP) is 2.09. The molecule has 0 amide bonds. The lowest BCUT2D eigenvalue weighted by molar-refractivity contribution is -0.112. The molecule has 0 saturated carbocycles. The Labute approximate surface area is 86.9 Å². The van der Waals surface area contributed by atoms with Gasteiger partial charge in [0.2, 0.25) is 5.24 Å². The molecule has 0 bridgehead atoms. The van der Waals surface area contributed by atoms with Crippen LogP contribution < -0.4 is 4.74 Å². The zero-order chi connectivity index (χ0) is 10.4. The van der Waals surface area contributed by atoms with E-state index in [4.69, 9.17) is 21.6 Å². The maximum atomic E-state index is 10.4. The summed E-state index contributed by atoms with van der Waals surface area (Å²) in [5, 5.41) is 8.26. The molecule has 1 rings (SSSR count). The Bertz CT molecular complexity index is 371. The number of carbonyl (C=O) groups is 1. The molecule has 3 nitrogen and oxygen atoms in total. The van der Waals surface area contributed by atoms with Crippen LogP contribution in [0.25, 0.3) is 0 Å². The summed E-state index contributed by atoms with van der Waals surface area (Å²) in [5.74, 6) is 0.480. The van der Waals surface area contributed by atoms with Crippen molar-refractivity contribution >= 4 is 16.8 Å². The number of nitriles is 1. The van der Waals surface area contributed by atoms with E-state index < -0.39 is 5.24 Å². The lowest BCUT2D eigenvalue weighted by Crippen LogP contribution is -2.02. The molecule has 0 N–H and O–H groups in total. The van der Waals surface area contributed by atoms with Crippen LogP contribution in [0.15, 0.2) is 24.3 Å². The Kier molecular flexibility index (Phi) is 3.96. The molecular formula is C10H8ClNO2. The molecule has 0 aliphatic rings. The highest BCUT2D eigenvalue weighted by atomic mass is 35.5. The van der Waals surface area contributed by atoms with Crippen molar-refractivity contribution in [3.05, 3.63) is 29.8 Å². The normalized spacial score (nSPS) is 9.14. The molecule has 0 spiro atoms. The lowest BCUT2D eigenvalue weighted by atomic mass is 10.2. The molecule has 72 valence electrons. The second-order valence-corrected chi connectivity index (χ2v) is 2.98. The van der Waals surface area contributed by atoms with Crippen molar-refractivity contribution in [2.24, 2.45) is 0 Å². The quantitative estimate of drug-likeness (QED) is 0.714. The SMILES string of the molecule is N#Cc1ccccc1OCCC(=O)Cl. The fourth-order valence-electron chi connectivity index (χ4n) is 0.926. The predicted molar refractivity (Wildman–Crippen MR) is 52.1 cm³/mol. The Morgan fingerprint density at radius 3 is 2.86 bits per heavy atom. The van der Waals surface area contributed by atoms with E-state index >= 15 is 0 Å². The van der Waals surface area contributed by atoms with Crippen molar-refractivity contribution in [2.75, 3.05) is 6.61 Å². The van der Waals surface area contributed by atoms with Gasteiger partial charge in [0.05, 0.1) is 18.6 Å². The topological polar surface area (TPSA) is 50.1 Å². The first-order valence-corrected chi connectivity index (χ1v) is 4.42. The fraction of sp³-hybridized carbons (Fsp3) is 0.200. The van der Waals surface area contributed by atoms with Crippen molar-refractivity contribution in [2.45, 2.75) is 6.42 Å². The van der Waals surface area contributed by atoms with Crippen molar-refractivity contribution < 1.29 is 9.53 Å². The summed E-state index contributed by atoms with van der Waals surface area (Å²) in [6.07, 6.45) is 0.140. The number of ether oxygens (including phenoxy) is 1. The van der Waals surface area contributed by atoms with Gasteiger partial charge in [-0.2, -0.15) is 5.26 Å². The molecule has 0 radical (unpaired) electrons. The molecule has 0 aliphatic heterocycles.